The molecule has 0 unspecified atom stereocenters. The van der Waals surface area contributed by atoms with Gasteiger partial charge in [-0.1, -0.05) is 60.7 Å². The van der Waals surface area contributed by atoms with Crippen LogP contribution >= 0.6 is 0 Å². The second-order valence-corrected chi connectivity index (χ2v) is 13.1. The van der Waals surface area contributed by atoms with Crippen LogP contribution in [0.5, 0.6) is 0 Å². The van der Waals surface area contributed by atoms with Gasteiger partial charge in [0.1, 0.15) is 0 Å². The van der Waals surface area contributed by atoms with E-state index in [2.05, 4.69) is 106 Å². The maximum absolute atomic E-state index is 4.05. The number of rotatable bonds is 3. The molecule has 0 spiro atoms. The summed E-state index contributed by atoms with van der Waals surface area (Å²) < 4.78 is 0. The normalized spacial score (nSPS) is 25.0. The first kappa shape index (κ1) is 19.9. The first-order chi connectivity index (χ1) is 13.3. The van der Waals surface area contributed by atoms with Crippen LogP contribution in [0.4, 0.5) is 0 Å². The summed E-state index contributed by atoms with van der Waals surface area (Å²) in [5, 5.41) is 4.06. The molecule has 0 aromatic heterocycles. The Morgan fingerprint density at radius 1 is 0.821 bits per heavy atom. The Hall–Kier alpha value is -1.42. The number of hydrogen-bond acceptors (Lipinski definition) is 2. The molecule has 0 saturated carbocycles. The van der Waals surface area contributed by atoms with E-state index in [1.807, 2.05) is 0 Å². The van der Waals surface area contributed by atoms with E-state index in [0.717, 1.165) is 12.1 Å². The van der Waals surface area contributed by atoms with Crippen molar-refractivity contribution in [3.05, 3.63) is 71.8 Å². The highest BCUT2D eigenvalue weighted by molar-refractivity contribution is 6.65. The van der Waals surface area contributed by atoms with E-state index in [0.29, 0.717) is 0 Å². The lowest BCUT2D eigenvalue weighted by molar-refractivity contribution is -0.00284. The quantitative estimate of drug-likeness (QED) is 0.722. The van der Waals surface area contributed by atoms with Crippen molar-refractivity contribution in [3.8, 4) is 0 Å². The van der Waals surface area contributed by atoms with Gasteiger partial charge in [0.25, 0.3) is 0 Å². The van der Waals surface area contributed by atoms with Gasteiger partial charge in [0.2, 0.25) is 0 Å². The highest BCUT2D eigenvalue weighted by Gasteiger charge is 2.54. The fraction of sp³-hybridized carbons (Fsp3) is 0.520. The first-order valence-corrected chi connectivity index (χ1v) is 12.5. The van der Waals surface area contributed by atoms with Crippen LogP contribution in [-0.2, 0) is 5.16 Å². The standard InChI is InChI=1S/C25H35N2Si/c1-23(2)18-22(19-24(3,4)27(23)5)28-17-16-26-25(28,20-12-8-6-9-13-20)21-14-10-7-11-15-21/h6-15,22,26H,16-19H2,1-5H3. The van der Waals surface area contributed by atoms with Crippen LogP contribution in [0.25, 0.3) is 0 Å². The zero-order chi connectivity index (χ0) is 20.0. The lowest BCUT2D eigenvalue weighted by Gasteiger charge is -2.56. The molecule has 4 rings (SSSR count). The lowest BCUT2D eigenvalue weighted by Crippen LogP contribution is -2.61. The third-order valence-corrected chi connectivity index (χ3v) is 11.4. The molecule has 0 atom stereocenters. The van der Waals surface area contributed by atoms with Crippen LogP contribution in [0.1, 0.15) is 51.7 Å². The minimum absolute atomic E-state index is 0.0138. The monoisotopic (exact) mass is 391 g/mol. The summed E-state index contributed by atoms with van der Waals surface area (Å²) in [6.45, 7) is 10.9. The smallest absolute Gasteiger partial charge is 0.0897 e. The van der Waals surface area contributed by atoms with E-state index in [9.17, 15) is 0 Å². The molecule has 3 heteroatoms. The number of benzene rings is 2. The van der Waals surface area contributed by atoms with Crippen molar-refractivity contribution in [2.24, 2.45) is 0 Å². The molecule has 2 aliphatic rings. The van der Waals surface area contributed by atoms with Gasteiger partial charge in [0.15, 0.2) is 0 Å². The van der Waals surface area contributed by atoms with Crippen molar-refractivity contribution in [2.45, 2.75) is 68.4 Å². The number of likely N-dealkylation sites (tertiary alicyclic amines) is 1. The van der Waals surface area contributed by atoms with Crippen LogP contribution in [0, 0.1) is 0 Å². The van der Waals surface area contributed by atoms with Gasteiger partial charge < -0.3 is 5.32 Å². The number of piperidine rings is 1. The molecule has 2 fully saturated rings. The molecule has 2 aromatic rings. The number of nitrogens with zero attached hydrogens (tertiary/aromatic N) is 1. The molecule has 0 amide bonds. The number of hydrogen-bond donors (Lipinski definition) is 1. The van der Waals surface area contributed by atoms with Gasteiger partial charge in [-0.3, -0.25) is 4.90 Å². The molecule has 0 aliphatic carbocycles. The van der Waals surface area contributed by atoms with Crippen molar-refractivity contribution in [2.75, 3.05) is 13.6 Å². The third kappa shape index (κ3) is 3.18. The fourth-order valence-corrected chi connectivity index (χ4v) is 10.6. The molecule has 0 bridgehead atoms. The van der Waals surface area contributed by atoms with Crippen molar-refractivity contribution in [1.82, 2.24) is 10.2 Å². The van der Waals surface area contributed by atoms with E-state index < -0.39 is 8.80 Å². The minimum atomic E-state index is -0.717. The van der Waals surface area contributed by atoms with E-state index in [1.165, 1.54) is 30.0 Å². The van der Waals surface area contributed by atoms with Crippen LogP contribution in [-0.4, -0.2) is 38.4 Å². The summed E-state index contributed by atoms with van der Waals surface area (Å²) in [6.07, 6.45) is 2.59. The van der Waals surface area contributed by atoms with Gasteiger partial charge in [-0.2, -0.15) is 0 Å². The summed E-state index contributed by atoms with van der Waals surface area (Å²) >= 11 is 0. The average Bonchev–Trinajstić information content (AvgIpc) is 3.13. The average molecular weight is 392 g/mol. The van der Waals surface area contributed by atoms with Crippen LogP contribution in [0.15, 0.2) is 60.7 Å². The Bertz CT molecular complexity index is 742. The Morgan fingerprint density at radius 3 is 1.75 bits per heavy atom. The summed E-state index contributed by atoms with van der Waals surface area (Å²) in [5.41, 5.74) is 4.20. The molecular weight excluding hydrogens is 356 g/mol. The molecule has 2 aromatic carbocycles. The predicted molar refractivity (Wildman–Crippen MR) is 121 cm³/mol. The molecular formula is C25H35N2Si. The second kappa shape index (κ2) is 7.12. The summed E-state index contributed by atoms with van der Waals surface area (Å²) in [5.74, 6) is 0. The van der Waals surface area contributed by atoms with Gasteiger partial charge >= 0.3 is 0 Å². The number of nitrogens with one attached hydrogen (secondary N) is 1. The van der Waals surface area contributed by atoms with E-state index in [4.69, 9.17) is 0 Å². The highest BCUT2D eigenvalue weighted by Crippen LogP contribution is 2.51. The molecule has 2 heterocycles. The minimum Gasteiger partial charge on any atom is -0.307 e. The first-order valence-electron chi connectivity index (χ1n) is 10.7. The Kier molecular flexibility index (Phi) is 5.05. The molecule has 1 N–H and O–H groups in total. The van der Waals surface area contributed by atoms with Gasteiger partial charge in [0, 0.05) is 11.1 Å². The largest absolute Gasteiger partial charge is 0.307 e. The highest BCUT2D eigenvalue weighted by atomic mass is 28.3. The zero-order valence-corrected chi connectivity index (χ0v) is 19.1. The zero-order valence-electron chi connectivity index (χ0n) is 18.1. The maximum atomic E-state index is 4.05. The van der Waals surface area contributed by atoms with Crippen molar-refractivity contribution < 1.29 is 0 Å². The Balaban J connectivity index is 1.82. The molecule has 1 radical (unpaired) electrons. The second-order valence-electron chi connectivity index (χ2n) is 9.97. The summed E-state index contributed by atoms with van der Waals surface area (Å²) in [4.78, 5) is 2.62. The Labute approximate surface area is 173 Å². The van der Waals surface area contributed by atoms with Crippen molar-refractivity contribution >= 4 is 8.80 Å². The van der Waals surface area contributed by atoms with Gasteiger partial charge in [-0.15, -0.1) is 0 Å². The van der Waals surface area contributed by atoms with Crippen LogP contribution < -0.4 is 5.32 Å². The van der Waals surface area contributed by atoms with Crippen LogP contribution in [0.2, 0.25) is 11.6 Å². The fourth-order valence-electron chi connectivity index (χ4n) is 5.93. The topological polar surface area (TPSA) is 15.3 Å². The maximum Gasteiger partial charge on any atom is 0.0897 e. The van der Waals surface area contributed by atoms with E-state index in [-0.39, 0.29) is 16.2 Å². The molecule has 149 valence electrons. The SMILES string of the molecule is CN1C(C)(C)CC([Si]2CCNC2(c2ccccc2)c2ccccc2)CC1(C)C. The molecule has 28 heavy (non-hydrogen) atoms. The lowest BCUT2D eigenvalue weighted by atomic mass is 9.80. The van der Waals surface area contributed by atoms with E-state index in [1.54, 1.807) is 0 Å². The van der Waals surface area contributed by atoms with Gasteiger partial charge in [-0.05, 0) is 76.8 Å². The van der Waals surface area contributed by atoms with Crippen molar-refractivity contribution in [3.63, 3.8) is 0 Å². The van der Waals surface area contributed by atoms with Gasteiger partial charge in [-0.25, -0.2) is 0 Å². The predicted octanol–water partition coefficient (Wildman–Crippen LogP) is 5.22. The Morgan fingerprint density at radius 2 is 1.29 bits per heavy atom. The third-order valence-electron chi connectivity index (χ3n) is 7.48. The van der Waals surface area contributed by atoms with Crippen molar-refractivity contribution in [1.29, 1.82) is 0 Å². The summed E-state index contributed by atoms with van der Waals surface area (Å²) in [7, 11) is 1.61. The molecule has 2 nitrogen and oxygen atoms in total. The van der Waals surface area contributed by atoms with E-state index >= 15 is 0 Å². The molecule has 2 aliphatic heterocycles. The van der Waals surface area contributed by atoms with Crippen LogP contribution in [0.3, 0.4) is 0 Å². The van der Waals surface area contributed by atoms with Gasteiger partial charge in [0.05, 0.1) is 14.0 Å². The molecule has 2 saturated heterocycles. The summed E-state index contributed by atoms with van der Waals surface area (Å²) in [6, 6.07) is 23.9.